The highest BCUT2D eigenvalue weighted by Crippen LogP contribution is 2.40. The van der Waals surface area contributed by atoms with E-state index in [-0.39, 0.29) is 0 Å². The summed E-state index contributed by atoms with van der Waals surface area (Å²) in [7, 11) is 0. The van der Waals surface area contributed by atoms with E-state index in [4.69, 9.17) is 0 Å². The predicted molar refractivity (Wildman–Crippen MR) is 88.2 cm³/mol. The van der Waals surface area contributed by atoms with E-state index >= 15 is 0 Å². The second kappa shape index (κ2) is 5.28. The Morgan fingerprint density at radius 2 is 1.25 bits per heavy atom. The molecule has 0 N–H and O–H groups in total. The zero-order valence-electron chi connectivity index (χ0n) is 14.3. The Morgan fingerprint density at radius 3 is 1.85 bits per heavy atom. The van der Waals surface area contributed by atoms with Crippen LogP contribution in [0.4, 0.5) is 0 Å². The van der Waals surface area contributed by atoms with Crippen LogP contribution in [0.5, 0.6) is 0 Å². The molecule has 0 heteroatoms. The quantitative estimate of drug-likeness (QED) is 0.560. The molecule has 0 radical (unpaired) electrons. The Balaban J connectivity index is 2.81. The molecule has 0 amide bonds. The van der Waals surface area contributed by atoms with Crippen LogP contribution in [-0.2, 0) is 0 Å². The van der Waals surface area contributed by atoms with E-state index in [0.717, 1.165) is 0 Å². The van der Waals surface area contributed by atoms with Crippen molar-refractivity contribution in [3.05, 3.63) is 33.4 Å². The summed E-state index contributed by atoms with van der Waals surface area (Å²) in [6, 6.07) is 0. The first kappa shape index (κ1) is 15.2. The van der Waals surface area contributed by atoms with E-state index in [0.29, 0.717) is 23.7 Å². The molecule has 0 saturated heterocycles. The van der Waals surface area contributed by atoms with E-state index in [2.05, 4.69) is 67.2 Å². The molecule has 0 saturated carbocycles. The first-order chi connectivity index (χ1) is 9.27. The van der Waals surface area contributed by atoms with Gasteiger partial charge in [0.05, 0.1) is 0 Å². The van der Waals surface area contributed by atoms with Crippen LogP contribution in [0.2, 0.25) is 0 Å². The van der Waals surface area contributed by atoms with Crippen LogP contribution in [-0.4, -0.2) is 0 Å². The molecule has 2 rings (SSSR count). The van der Waals surface area contributed by atoms with Crippen molar-refractivity contribution in [1.29, 1.82) is 0 Å². The van der Waals surface area contributed by atoms with Crippen LogP contribution >= 0.6 is 0 Å². The van der Waals surface area contributed by atoms with Gasteiger partial charge in [0.1, 0.15) is 0 Å². The third-order valence-corrected chi connectivity index (χ3v) is 6.02. The largest absolute Gasteiger partial charge is 0.0945 e. The summed E-state index contributed by atoms with van der Waals surface area (Å²) in [6.07, 6.45) is 0. The zero-order valence-corrected chi connectivity index (χ0v) is 14.3. The standard InChI is InChI=1S/C20H28/c1-11-9-10-19-16(6)14(4)15(5)18(8)20(19)17(7)13(3)12(11)2/h11-13,17H,1-8H3. The van der Waals surface area contributed by atoms with Gasteiger partial charge in [-0.3, -0.25) is 0 Å². The van der Waals surface area contributed by atoms with Crippen LogP contribution in [0, 0.1) is 57.3 Å². The van der Waals surface area contributed by atoms with E-state index in [9.17, 15) is 0 Å². The average molecular weight is 268 g/mol. The number of hydrogen-bond acceptors (Lipinski definition) is 0. The molecular formula is C20H28. The maximum Gasteiger partial charge on any atom is 0.0314 e. The third-order valence-electron chi connectivity index (χ3n) is 6.02. The summed E-state index contributed by atoms with van der Waals surface area (Å²) in [5.41, 5.74) is 8.52. The molecule has 0 bridgehead atoms. The van der Waals surface area contributed by atoms with E-state index in [1.165, 1.54) is 33.4 Å². The second-order valence-electron chi connectivity index (χ2n) is 6.85. The van der Waals surface area contributed by atoms with Gasteiger partial charge in [0.2, 0.25) is 0 Å². The van der Waals surface area contributed by atoms with Gasteiger partial charge in [0.15, 0.2) is 0 Å². The van der Waals surface area contributed by atoms with Gasteiger partial charge in [0.25, 0.3) is 0 Å². The van der Waals surface area contributed by atoms with Gasteiger partial charge in [0, 0.05) is 11.5 Å². The molecule has 1 aliphatic rings. The van der Waals surface area contributed by atoms with Crippen LogP contribution in [0.3, 0.4) is 0 Å². The summed E-state index contributed by atoms with van der Waals surface area (Å²) in [6.45, 7) is 18.4. The van der Waals surface area contributed by atoms with Gasteiger partial charge in [-0.05, 0) is 73.3 Å². The minimum absolute atomic E-state index is 0.474. The molecule has 1 aromatic carbocycles. The van der Waals surface area contributed by atoms with Crippen LogP contribution in [0.1, 0.15) is 67.0 Å². The Morgan fingerprint density at radius 1 is 0.700 bits per heavy atom. The lowest BCUT2D eigenvalue weighted by Crippen LogP contribution is -2.24. The van der Waals surface area contributed by atoms with Crippen molar-refractivity contribution >= 4 is 0 Å². The lowest BCUT2D eigenvalue weighted by Gasteiger charge is -2.33. The molecule has 0 aromatic heterocycles. The maximum absolute atomic E-state index is 3.52. The first-order valence-corrected chi connectivity index (χ1v) is 7.89. The summed E-state index contributed by atoms with van der Waals surface area (Å²) < 4.78 is 0. The smallest absolute Gasteiger partial charge is 0.0314 e. The van der Waals surface area contributed by atoms with Crippen molar-refractivity contribution in [2.24, 2.45) is 17.8 Å². The average Bonchev–Trinajstić information content (AvgIpc) is 2.43. The van der Waals surface area contributed by atoms with Crippen molar-refractivity contribution in [1.82, 2.24) is 0 Å². The monoisotopic (exact) mass is 268 g/mol. The molecule has 4 unspecified atom stereocenters. The fourth-order valence-corrected chi connectivity index (χ4v) is 3.56. The molecule has 0 heterocycles. The van der Waals surface area contributed by atoms with Crippen molar-refractivity contribution in [3.63, 3.8) is 0 Å². The Kier molecular flexibility index (Phi) is 4.01. The van der Waals surface area contributed by atoms with E-state index in [1.807, 2.05) is 0 Å². The Labute approximate surface area is 125 Å². The molecule has 0 spiro atoms. The van der Waals surface area contributed by atoms with Gasteiger partial charge in [-0.15, -0.1) is 0 Å². The molecule has 0 nitrogen and oxygen atoms in total. The molecule has 0 fully saturated rings. The summed E-state index contributed by atoms with van der Waals surface area (Å²) in [4.78, 5) is 0. The summed E-state index contributed by atoms with van der Waals surface area (Å²) in [5, 5.41) is 0. The van der Waals surface area contributed by atoms with Gasteiger partial charge in [-0.2, -0.15) is 0 Å². The normalized spacial score (nSPS) is 29.0. The number of benzene rings is 1. The van der Waals surface area contributed by atoms with Gasteiger partial charge in [-0.25, -0.2) is 0 Å². The fourth-order valence-electron chi connectivity index (χ4n) is 3.56. The highest BCUT2D eigenvalue weighted by atomic mass is 14.3. The number of hydrogen-bond donors (Lipinski definition) is 0. The minimum atomic E-state index is 0.474. The molecule has 0 aliphatic heterocycles. The van der Waals surface area contributed by atoms with Crippen molar-refractivity contribution < 1.29 is 0 Å². The molecule has 4 atom stereocenters. The highest BCUT2D eigenvalue weighted by molar-refractivity contribution is 5.58. The van der Waals surface area contributed by atoms with Crippen molar-refractivity contribution in [3.8, 4) is 11.8 Å². The summed E-state index contributed by atoms with van der Waals surface area (Å²) in [5.74, 6) is 9.39. The predicted octanol–water partition coefficient (Wildman–Crippen LogP) is 5.30. The molecule has 20 heavy (non-hydrogen) atoms. The molecule has 108 valence electrons. The van der Waals surface area contributed by atoms with Crippen molar-refractivity contribution in [2.45, 2.75) is 61.3 Å². The topological polar surface area (TPSA) is 0 Å². The fraction of sp³-hybridized carbons (Fsp3) is 0.600. The molecule has 1 aliphatic carbocycles. The third kappa shape index (κ3) is 2.18. The Bertz CT molecular complexity index is 595. The van der Waals surface area contributed by atoms with Gasteiger partial charge >= 0.3 is 0 Å². The van der Waals surface area contributed by atoms with Crippen LogP contribution < -0.4 is 0 Å². The Hall–Kier alpha value is -1.22. The second-order valence-corrected chi connectivity index (χ2v) is 6.85. The molecule has 1 aromatic rings. The summed E-state index contributed by atoms with van der Waals surface area (Å²) >= 11 is 0. The van der Waals surface area contributed by atoms with E-state index in [1.54, 1.807) is 0 Å². The van der Waals surface area contributed by atoms with Crippen molar-refractivity contribution in [2.75, 3.05) is 0 Å². The first-order valence-electron chi connectivity index (χ1n) is 7.89. The SMILES string of the molecule is Cc1c(C)c(C)c2c(c1C)C#CC(C)C(C)C(C)C2C. The van der Waals surface area contributed by atoms with Gasteiger partial charge < -0.3 is 0 Å². The number of fused-ring (bicyclic) bond motifs is 1. The van der Waals surface area contributed by atoms with E-state index < -0.39 is 0 Å². The van der Waals surface area contributed by atoms with Crippen LogP contribution in [0.15, 0.2) is 0 Å². The number of rotatable bonds is 0. The lowest BCUT2D eigenvalue weighted by molar-refractivity contribution is 0.287. The van der Waals surface area contributed by atoms with Gasteiger partial charge in [-0.1, -0.05) is 39.5 Å². The molecular weight excluding hydrogens is 240 g/mol. The highest BCUT2D eigenvalue weighted by Gasteiger charge is 2.29. The van der Waals surface area contributed by atoms with Crippen LogP contribution in [0.25, 0.3) is 0 Å². The minimum Gasteiger partial charge on any atom is -0.0945 e. The maximum atomic E-state index is 3.52. The lowest BCUT2D eigenvalue weighted by atomic mass is 9.71. The zero-order chi connectivity index (χ0) is 15.2.